The van der Waals surface area contributed by atoms with E-state index in [4.69, 9.17) is 12.2 Å². The minimum atomic E-state index is -4.30. The quantitative estimate of drug-likeness (QED) is 0.769. The molecule has 0 aliphatic rings. The molecule has 0 bridgehead atoms. The van der Waals surface area contributed by atoms with Crippen molar-refractivity contribution in [3.8, 4) is 0 Å². The molecule has 0 spiro atoms. The van der Waals surface area contributed by atoms with Crippen molar-refractivity contribution in [1.82, 2.24) is 5.32 Å². The van der Waals surface area contributed by atoms with E-state index in [1.807, 2.05) is 32.0 Å². The van der Waals surface area contributed by atoms with Crippen LogP contribution in [0.4, 0.5) is 18.9 Å². The van der Waals surface area contributed by atoms with Gasteiger partial charge in [-0.3, -0.25) is 0 Å². The van der Waals surface area contributed by atoms with Gasteiger partial charge in [-0.1, -0.05) is 24.3 Å². The number of halogens is 3. The zero-order chi connectivity index (χ0) is 17.7. The van der Waals surface area contributed by atoms with Gasteiger partial charge in [0.25, 0.3) is 0 Å². The lowest BCUT2D eigenvalue weighted by molar-refractivity contribution is -0.137. The van der Waals surface area contributed by atoms with Crippen molar-refractivity contribution in [3.05, 3.63) is 64.7 Å². The first-order valence-electron chi connectivity index (χ1n) is 7.54. The fourth-order valence-electron chi connectivity index (χ4n) is 2.22. The molecule has 0 saturated heterocycles. The number of hydrogen-bond acceptors (Lipinski definition) is 1. The van der Waals surface area contributed by atoms with Crippen LogP contribution < -0.4 is 10.6 Å². The Bertz CT molecular complexity index is 709. The Balaban J connectivity index is 1.83. The number of thiocarbonyl (C=S) groups is 1. The summed E-state index contributed by atoms with van der Waals surface area (Å²) < 4.78 is 37.5. The molecule has 2 nitrogen and oxygen atoms in total. The first kappa shape index (κ1) is 18.3. The summed E-state index contributed by atoms with van der Waals surface area (Å²) in [7, 11) is 0. The van der Waals surface area contributed by atoms with Crippen LogP contribution >= 0.6 is 12.2 Å². The van der Waals surface area contributed by atoms with Crippen LogP contribution in [0.3, 0.4) is 0 Å². The summed E-state index contributed by atoms with van der Waals surface area (Å²) in [6.45, 7) is 4.54. The molecule has 2 aromatic carbocycles. The number of benzene rings is 2. The minimum absolute atomic E-state index is 0.496. The molecular weight excluding hydrogens is 333 g/mol. The number of anilines is 1. The van der Waals surface area contributed by atoms with Crippen molar-refractivity contribution < 1.29 is 13.2 Å². The van der Waals surface area contributed by atoms with Gasteiger partial charge in [0.05, 0.1) is 5.56 Å². The van der Waals surface area contributed by atoms with Gasteiger partial charge in [0, 0.05) is 12.2 Å². The standard InChI is InChI=1S/C18H19F3N2S/c1-12-3-4-13(2)16(11-12)23-17(24)22-10-9-14-5-7-15(8-6-14)18(19,20)21/h3-8,11H,9-10H2,1-2H3,(H2,22,23,24). The highest BCUT2D eigenvalue weighted by atomic mass is 32.1. The Morgan fingerprint density at radius 3 is 2.33 bits per heavy atom. The second kappa shape index (κ2) is 7.66. The molecule has 0 aliphatic carbocycles. The molecule has 2 rings (SSSR count). The third-order valence-electron chi connectivity index (χ3n) is 3.62. The maximum atomic E-state index is 12.5. The van der Waals surface area contributed by atoms with E-state index >= 15 is 0 Å². The van der Waals surface area contributed by atoms with E-state index in [9.17, 15) is 13.2 Å². The van der Waals surface area contributed by atoms with Gasteiger partial charge in [0.15, 0.2) is 5.11 Å². The van der Waals surface area contributed by atoms with Crippen molar-refractivity contribution in [1.29, 1.82) is 0 Å². The summed E-state index contributed by atoms with van der Waals surface area (Å²) in [6, 6.07) is 11.2. The van der Waals surface area contributed by atoms with E-state index in [-0.39, 0.29) is 0 Å². The van der Waals surface area contributed by atoms with Gasteiger partial charge >= 0.3 is 6.18 Å². The fraction of sp³-hybridized carbons (Fsp3) is 0.278. The van der Waals surface area contributed by atoms with E-state index in [0.29, 0.717) is 18.1 Å². The van der Waals surface area contributed by atoms with Gasteiger partial charge in [-0.25, -0.2) is 0 Å². The van der Waals surface area contributed by atoms with E-state index in [0.717, 1.165) is 34.5 Å². The van der Waals surface area contributed by atoms with Gasteiger partial charge in [0.1, 0.15) is 0 Å². The zero-order valence-corrected chi connectivity index (χ0v) is 14.3. The van der Waals surface area contributed by atoms with Gasteiger partial charge in [-0.05, 0) is 67.4 Å². The summed E-state index contributed by atoms with van der Waals surface area (Å²) in [5, 5.41) is 6.70. The number of nitrogens with one attached hydrogen (secondary N) is 2. The van der Waals surface area contributed by atoms with Crippen LogP contribution in [0, 0.1) is 13.8 Å². The molecular formula is C18H19F3N2S. The second-order valence-corrected chi connectivity index (χ2v) is 6.05. The predicted octanol–water partition coefficient (Wildman–Crippen LogP) is 4.85. The molecule has 0 unspecified atom stereocenters. The van der Waals surface area contributed by atoms with Crippen molar-refractivity contribution in [2.75, 3.05) is 11.9 Å². The van der Waals surface area contributed by atoms with Gasteiger partial charge in [0.2, 0.25) is 0 Å². The van der Waals surface area contributed by atoms with Crippen LogP contribution in [0.5, 0.6) is 0 Å². The maximum absolute atomic E-state index is 12.5. The molecule has 0 heterocycles. The molecule has 0 atom stereocenters. The number of rotatable bonds is 4. The summed E-state index contributed by atoms with van der Waals surface area (Å²) >= 11 is 5.25. The van der Waals surface area contributed by atoms with E-state index in [2.05, 4.69) is 10.6 Å². The first-order chi connectivity index (χ1) is 11.3. The smallest absolute Gasteiger partial charge is 0.362 e. The van der Waals surface area contributed by atoms with Gasteiger partial charge in [-0.15, -0.1) is 0 Å². The van der Waals surface area contributed by atoms with Crippen LogP contribution in [-0.2, 0) is 12.6 Å². The largest absolute Gasteiger partial charge is 0.416 e. The Morgan fingerprint density at radius 1 is 1.04 bits per heavy atom. The Labute approximate surface area is 145 Å². The molecule has 0 saturated carbocycles. The normalized spacial score (nSPS) is 11.2. The molecule has 2 N–H and O–H groups in total. The zero-order valence-electron chi connectivity index (χ0n) is 13.5. The Morgan fingerprint density at radius 2 is 1.71 bits per heavy atom. The number of aryl methyl sites for hydroxylation is 2. The highest BCUT2D eigenvalue weighted by Gasteiger charge is 2.29. The fourth-order valence-corrected chi connectivity index (χ4v) is 2.43. The highest BCUT2D eigenvalue weighted by Crippen LogP contribution is 2.29. The van der Waals surface area contributed by atoms with E-state index in [1.165, 1.54) is 12.1 Å². The second-order valence-electron chi connectivity index (χ2n) is 5.64. The van der Waals surface area contributed by atoms with Crippen LogP contribution in [0.25, 0.3) is 0 Å². The lowest BCUT2D eigenvalue weighted by atomic mass is 10.1. The van der Waals surface area contributed by atoms with Gasteiger partial charge < -0.3 is 10.6 Å². The van der Waals surface area contributed by atoms with Crippen LogP contribution in [0.2, 0.25) is 0 Å². The van der Waals surface area contributed by atoms with Gasteiger partial charge in [-0.2, -0.15) is 13.2 Å². The first-order valence-corrected chi connectivity index (χ1v) is 7.95. The molecule has 0 aliphatic heterocycles. The predicted molar refractivity (Wildman–Crippen MR) is 95.3 cm³/mol. The summed E-state index contributed by atoms with van der Waals surface area (Å²) in [5.41, 5.74) is 3.36. The third kappa shape index (κ3) is 5.23. The molecule has 0 aromatic heterocycles. The number of alkyl halides is 3. The molecule has 6 heteroatoms. The molecule has 0 radical (unpaired) electrons. The van der Waals surface area contributed by atoms with Crippen molar-refractivity contribution in [2.45, 2.75) is 26.4 Å². The lowest BCUT2D eigenvalue weighted by Crippen LogP contribution is -2.30. The molecule has 0 amide bonds. The average molecular weight is 352 g/mol. The molecule has 0 fully saturated rings. The van der Waals surface area contributed by atoms with E-state index in [1.54, 1.807) is 0 Å². The van der Waals surface area contributed by atoms with Crippen molar-refractivity contribution in [3.63, 3.8) is 0 Å². The Hall–Kier alpha value is -2.08. The van der Waals surface area contributed by atoms with Crippen LogP contribution in [0.15, 0.2) is 42.5 Å². The van der Waals surface area contributed by atoms with Crippen LogP contribution in [-0.4, -0.2) is 11.7 Å². The van der Waals surface area contributed by atoms with Crippen LogP contribution in [0.1, 0.15) is 22.3 Å². The molecule has 2 aromatic rings. The van der Waals surface area contributed by atoms with E-state index < -0.39 is 11.7 Å². The number of hydrogen-bond donors (Lipinski definition) is 2. The summed E-state index contributed by atoms with van der Waals surface area (Å²) in [4.78, 5) is 0. The monoisotopic (exact) mass is 352 g/mol. The molecule has 24 heavy (non-hydrogen) atoms. The van der Waals surface area contributed by atoms with Crippen molar-refractivity contribution in [2.24, 2.45) is 0 Å². The topological polar surface area (TPSA) is 24.1 Å². The summed E-state index contributed by atoms with van der Waals surface area (Å²) in [5.74, 6) is 0. The Kier molecular flexibility index (Phi) is 5.83. The lowest BCUT2D eigenvalue weighted by Gasteiger charge is -2.13. The van der Waals surface area contributed by atoms with Crippen molar-refractivity contribution >= 4 is 23.0 Å². The SMILES string of the molecule is Cc1ccc(C)c(NC(=S)NCCc2ccc(C(F)(F)F)cc2)c1. The third-order valence-corrected chi connectivity index (χ3v) is 3.87. The summed E-state index contributed by atoms with van der Waals surface area (Å²) in [6.07, 6.45) is -3.71. The molecule has 128 valence electrons. The minimum Gasteiger partial charge on any atom is -0.362 e. The highest BCUT2D eigenvalue weighted by molar-refractivity contribution is 7.80. The average Bonchev–Trinajstić information content (AvgIpc) is 2.50. The maximum Gasteiger partial charge on any atom is 0.416 e.